The molecule has 4 rings (SSSR count). The van der Waals surface area contributed by atoms with Gasteiger partial charge in [-0.25, -0.2) is 4.79 Å². The predicted octanol–water partition coefficient (Wildman–Crippen LogP) is 1.67. The Morgan fingerprint density at radius 2 is 1.83 bits per heavy atom. The van der Waals surface area contributed by atoms with Crippen LogP contribution in [0, 0.1) is 0 Å². The maximum absolute atomic E-state index is 12.4. The standard InChI is InChI=1S/C21H16N2O7/c24-15(12-6-7-17-14(8-12)23-18(26)11-28-17)9-30-21(27)19-16(25)10-29-20(19)22-13-4-2-1-3-5-13/h1-8,22H,9-11H2,(H,23,26). The number of anilines is 2. The van der Waals surface area contributed by atoms with E-state index < -0.39 is 24.1 Å². The lowest BCUT2D eigenvalue weighted by molar-refractivity contribution is -0.139. The minimum Gasteiger partial charge on any atom is -0.482 e. The van der Waals surface area contributed by atoms with Gasteiger partial charge in [-0.2, -0.15) is 0 Å². The number of ketones is 2. The monoisotopic (exact) mass is 408 g/mol. The first kappa shape index (κ1) is 19.2. The van der Waals surface area contributed by atoms with Gasteiger partial charge in [0, 0.05) is 11.3 Å². The van der Waals surface area contributed by atoms with Crippen LogP contribution >= 0.6 is 0 Å². The number of rotatable bonds is 6. The van der Waals surface area contributed by atoms with E-state index in [1.807, 2.05) is 6.07 Å². The molecule has 30 heavy (non-hydrogen) atoms. The van der Waals surface area contributed by atoms with Crippen molar-refractivity contribution in [2.45, 2.75) is 0 Å². The van der Waals surface area contributed by atoms with Crippen molar-refractivity contribution in [3.63, 3.8) is 0 Å². The number of nitrogens with one attached hydrogen (secondary N) is 2. The SMILES string of the molecule is O=C1COc2ccc(C(=O)COC(=O)C3=C(Nc4ccccc4)OCC3=O)cc2N1. The van der Waals surface area contributed by atoms with Gasteiger partial charge in [0.2, 0.25) is 11.7 Å². The molecule has 2 N–H and O–H groups in total. The molecule has 0 saturated heterocycles. The molecule has 0 fully saturated rings. The zero-order valence-electron chi connectivity index (χ0n) is 15.6. The molecule has 2 aliphatic rings. The molecule has 0 aromatic heterocycles. The minimum atomic E-state index is -0.959. The quantitative estimate of drug-likeness (QED) is 0.421. The summed E-state index contributed by atoms with van der Waals surface area (Å²) in [6.07, 6.45) is 0. The largest absolute Gasteiger partial charge is 0.482 e. The Balaban J connectivity index is 1.44. The molecule has 2 aromatic rings. The lowest BCUT2D eigenvalue weighted by atomic mass is 10.1. The number of esters is 1. The van der Waals surface area contributed by atoms with Crippen LogP contribution in [-0.4, -0.2) is 43.3 Å². The summed E-state index contributed by atoms with van der Waals surface area (Å²) in [5.74, 6) is -1.91. The van der Waals surface area contributed by atoms with E-state index in [2.05, 4.69) is 10.6 Å². The van der Waals surface area contributed by atoms with Gasteiger partial charge in [0.25, 0.3) is 5.91 Å². The molecule has 0 unspecified atom stereocenters. The van der Waals surface area contributed by atoms with E-state index in [9.17, 15) is 19.2 Å². The van der Waals surface area contributed by atoms with Crippen LogP contribution in [-0.2, 0) is 23.9 Å². The van der Waals surface area contributed by atoms with Crippen LogP contribution in [0.1, 0.15) is 10.4 Å². The van der Waals surface area contributed by atoms with Crippen LogP contribution in [0.25, 0.3) is 0 Å². The van der Waals surface area contributed by atoms with E-state index in [-0.39, 0.29) is 36.1 Å². The van der Waals surface area contributed by atoms with E-state index in [4.69, 9.17) is 14.2 Å². The molecule has 0 aliphatic carbocycles. The maximum atomic E-state index is 12.4. The number of Topliss-reactive ketones (excluding diaryl/α,β-unsaturated/α-hetero) is 2. The zero-order valence-corrected chi connectivity index (χ0v) is 15.6. The first-order valence-corrected chi connectivity index (χ1v) is 9.00. The summed E-state index contributed by atoms with van der Waals surface area (Å²) >= 11 is 0. The van der Waals surface area contributed by atoms with E-state index in [0.717, 1.165) is 0 Å². The second kappa shape index (κ2) is 8.08. The molecule has 9 nitrogen and oxygen atoms in total. The summed E-state index contributed by atoms with van der Waals surface area (Å²) in [6, 6.07) is 13.3. The summed E-state index contributed by atoms with van der Waals surface area (Å²) in [4.78, 5) is 48.3. The van der Waals surface area contributed by atoms with Gasteiger partial charge >= 0.3 is 5.97 Å². The van der Waals surface area contributed by atoms with Crippen LogP contribution in [0.4, 0.5) is 11.4 Å². The molecule has 9 heteroatoms. The Kier molecular flexibility index (Phi) is 5.17. The highest BCUT2D eigenvalue weighted by Crippen LogP contribution is 2.28. The van der Waals surface area contributed by atoms with Crippen molar-refractivity contribution in [3.8, 4) is 5.75 Å². The number of benzene rings is 2. The summed E-state index contributed by atoms with van der Waals surface area (Å²) in [6.45, 7) is -0.970. The van der Waals surface area contributed by atoms with Crippen LogP contribution in [0.2, 0.25) is 0 Å². The average Bonchev–Trinajstić information content (AvgIpc) is 3.11. The Labute approximate surface area is 170 Å². The fourth-order valence-electron chi connectivity index (χ4n) is 2.91. The summed E-state index contributed by atoms with van der Waals surface area (Å²) in [7, 11) is 0. The highest BCUT2D eigenvalue weighted by Gasteiger charge is 2.33. The van der Waals surface area contributed by atoms with Crippen LogP contribution in [0.5, 0.6) is 5.75 Å². The molecule has 1 amide bonds. The first-order chi connectivity index (χ1) is 14.5. The molecule has 2 aliphatic heterocycles. The number of hydrogen-bond acceptors (Lipinski definition) is 8. The van der Waals surface area contributed by atoms with E-state index in [0.29, 0.717) is 17.1 Å². The van der Waals surface area contributed by atoms with Gasteiger partial charge in [0.1, 0.15) is 5.75 Å². The molecule has 0 radical (unpaired) electrons. The van der Waals surface area contributed by atoms with Crippen molar-refractivity contribution in [2.75, 3.05) is 30.5 Å². The summed E-state index contributed by atoms with van der Waals surface area (Å²) in [5, 5.41) is 5.46. The fourth-order valence-corrected chi connectivity index (χ4v) is 2.91. The molecule has 0 spiro atoms. The number of carbonyl (C=O) groups excluding carboxylic acids is 4. The van der Waals surface area contributed by atoms with Crippen molar-refractivity contribution >= 4 is 34.8 Å². The number of amides is 1. The molecule has 2 aromatic carbocycles. The van der Waals surface area contributed by atoms with Crippen molar-refractivity contribution in [1.82, 2.24) is 0 Å². The highest BCUT2D eigenvalue weighted by atomic mass is 16.5. The number of hydrogen-bond donors (Lipinski definition) is 2. The molecule has 2 heterocycles. The summed E-state index contributed by atoms with van der Waals surface area (Å²) < 4.78 is 15.5. The molecular weight excluding hydrogens is 392 g/mol. The maximum Gasteiger partial charge on any atom is 0.347 e. The van der Waals surface area contributed by atoms with Gasteiger partial charge in [0.05, 0.1) is 5.69 Å². The predicted molar refractivity (Wildman–Crippen MR) is 104 cm³/mol. The topological polar surface area (TPSA) is 120 Å². The molecule has 0 atom stereocenters. The lowest BCUT2D eigenvalue weighted by Gasteiger charge is -2.18. The van der Waals surface area contributed by atoms with Crippen LogP contribution in [0.15, 0.2) is 60.0 Å². The Hall–Kier alpha value is -4.14. The van der Waals surface area contributed by atoms with Crippen molar-refractivity contribution in [1.29, 1.82) is 0 Å². The first-order valence-electron chi connectivity index (χ1n) is 9.00. The number of ether oxygens (including phenoxy) is 3. The Morgan fingerprint density at radius 3 is 2.63 bits per heavy atom. The Morgan fingerprint density at radius 1 is 1.03 bits per heavy atom. The highest BCUT2D eigenvalue weighted by molar-refractivity contribution is 6.20. The zero-order chi connectivity index (χ0) is 21.1. The van der Waals surface area contributed by atoms with E-state index >= 15 is 0 Å². The normalized spacial score (nSPS) is 14.9. The fraction of sp³-hybridized carbons (Fsp3) is 0.143. The van der Waals surface area contributed by atoms with Crippen molar-refractivity contribution in [2.24, 2.45) is 0 Å². The van der Waals surface area contributed by atoms with Gasteiger partial charge in [-0.1, -0.05) is 18.2 Å². The third-order valence-corrected chi connectivity index (χ3v) is 4.36. The summed E-state index contributed by atoms with van der Waals surface area (Å²) in [5.41, 5.74) is 0.928. The smallest absolute Gasteiger partial charge is 0.347 e. The second-order valence-corrected chi connectivity index (χ2v) is 6.45. The van der Waals surface area contributed by atoms with E-state index in [1.54, 1.807) is 30.3 Å². The molecule has 0 saturated carbocycles. The third kappa shape index (κ3) is 4.00. The van der Waals surface area contributed by atoms with Gasteiger partial charge in [-0.05, 0) is 30.3 Å². The van der Waals surface area contributed by atoms with Crippen LogP contribution in [0.3, 0.4) is 0 Å². The third-order valence-electron chi connectivity index (χ3n) is 4.36. The molecular formula is C21H16N2O7. The minimum absolute atomic E-state index is 0.0164. The van der Waals surface area contributed by atoms with Gasteiger partial charge in [-0.15, -0.1) is 0 Å². The van der Waals surface area contributed by atoms with Crippen LogP contribution < -0.4 is 15.4 Å². The number of para-hydroxylation sites is 1. The van der Waals surface area contributed by atoms with Gasteiger partial charge < -0.3 is 24.8 Å². The number of carbonyl (C=O) groups is 4. The average molecular weight is 408 g/mol. The molecule has 0 bridgehead atoms. The Bertz CT molecular complexity index is 1080. The van der Waals surface area contributed by atoms with Gasteiger partial charge in [-0.3, -0.25) is 14.4 Å². The van der Waals surface area contributed by atoms with Gasteiger partial charge in [0.15, 0.2) is 31.2 Å². The number of fused-ring (bicyclic) bond motifs is 1. The van der Waals surface area contributed by atoms with Crippen molar-refractivity contribution in [3.05, 3.63) is 65.6 Å². The van der Waals surface area contributed by atoms with Crippen molar-refractivity contribution < 1.29 is 33.4 Å². The second-order valence-electron chi connectivity index (χ2n) is 6.45. The lowest BCUT2D eigenvalue weighted by Crippen LogP contribution is -2.25. The molecule has 152 valence electrons. The van der Waals surface area contributed by atoms with E-state index in [1.165, 1.54) is 12.1 Å².